The summed E-state index contributed by atoms with van der Waals surface area (Å²) in [7, 11) is 3.74. The molecule has 92 valence electrons. The molecule has 0 radical (unpaired) electrons. The van der Waals surface area contributed by atoms with Crippen LogP contribution in [0.15, 0.2) is 0 Å². The normalized spacial score (nSPS) is 15.5. The second kappa shape index (κ2) is 11.3. The molecule has 15 heavy (non-hydrogen) atoms. The molecule has 1 aliphatic heterocycles. The number of amides is 2. The number of urea groups is 1. The van der Waals surface area contributed by atoms with Crippen molar-refractivity contribution in [1.82, 2.24) is 15.1 Å². The fourth-order valence-electron chi connectivity index (χ4n) is 1.17. The molecule has 0 bridgehead atoms. The first kappa shape index (κ1) is 16.7. The van der Waals surface area contributed by atoms with E-state index in [1.54, 1.807) is 7.05 Å². The van der Waals surface area contributed by atoms with E-state index >= 15 is 0 Å². The van der Waals surface area contributed by atoms with Crippen LogP contribution in [0.25, 0.3) is 0 Å². The average Bonchev–Trinajstić information content (AvgIpc) is 2.34. The molecule has 0 spiro atoms. The van der Waals surface area contributed by atoms with E-state index in [0.717, 1.165) is 26.2 Å². The van der Waals surface area contributed by atoms with Gasteiger partial charge in [-0.15, -0.1) is 0 Å². The lowest BCUT2D eigenvalue weighted by molar-refractivity contribution is 0.156. The molecular weight excluding hydrogens is 190 g/mol. The zero-order chi connectivity index (χ0) is 12.3. The quantitative estimate of drug-likeness (QED) is 0.669. The highest BCUT2D eigenvalue weighted by Crippen LogP contribution is 1.98. The van der Waals surface area contributed by atoms with Crippen molar-refractivity contribution in [2.45, 2.75) is 27.7 Å². The van der Waals surface area contributed by atoms with Gasteiger partial charge in [0.25, 0.3) is 0 Å². The van der Waals surface area contributed by atoms with Gasteiger partial charge >= 0.3 is 6.03 Å². The number of carbonyl (C=O) groups excluding carboxylic acids is 1. The van der Waals surface area contributed by atoms with E-state index in [9.17, 15) is 4.79 Å². The fraction of sp³-hybridized carbons (Fsp3) is 0.909. The standard InChI is InChI=1S/C7H15N3O.2C2H6/c1-8-7(11)10-5-3-9(2)4-6-10;2*1-2/h3-6H2,1-2H3,(H,8,11);2*1-2H3. The maximum absolute atomic E-state index is 11.1. The summed E-state index contributed by atoms with van der Waals surface area (Å²) >= 11 is 0. The lowest BCUT2D eigenvalue weighted by Crippen LogP contribution is -2.49. The summed E-state index contributed by atoms with van der Waals surface area (Å²) in [5, 5.41) is 2.62. The van der Waals surface area contributed by atoms with Crippen molar-refractivity contribution in [2.75, 3.05) is 40.3 Å². The Balaban J connectivity index is 0. The minimum absolute atomic E-state index is 0.0399. The molecule has 0 aromatic heterocycles. The zero-order valence-corrected chi connectivity index (χ0v) is 11.1. The number of nitrogens with zero attached hydrogens (tertiary/aromatic N) is 2. The Morgan fingerprint density at radius 2 is 1.40 bits per heavy atom. The number of hydrogen-bond donors (Lipinski definition) is 1. The first-order valence-corrected chi connectivity index (χ1v) is 5.89. The Hall–Kier alpha value is -0.770. The monoisotopic (exact) mass is 217 g/mol. The summed E-state index contributed by atoms with van der Waals surface area (Å²) in [6.07, 6.45) is 0. The minimum atomic E-state index is 0.0399. The van der Waals surface area contributed by atoms with E-state index < -0.39 is 0 Å². The Kier molecular flexibility index (Phi) is 12.6. The molecule has 1 N–H and O–H groups in total. The van der Waals surface area contributed by atoms with Crippen LogP contribution >= 0.6 is 0 Å². The van der Waals surface area contributed by atoms with Crippen molar-refractivity contribution >= 4 is 6.03 Å². The van der Waals surface area contributed by atoms with E-state index in [1.165, 1.54) is 0 Å². The van der Waals surface area contributed by atoms with Gasteiger partial charge in [0.1, 0.15) is 0 Å². The molecule has 1 aliphatic rings. The van der Waals surface area contributed by atoms with Crippen LogP contribution in [0.2, 0.25) is 0 Å². The van der Waals surface area contributed by atoms with Crippen LogP contribution in [-0.4, -0.2) is 56.1 Å². The van der Waals surface area contributed by atoms with Gasteiger partial charge in [0.2, 0.25) is 0 Å². The summed E-state index contributed by atoms with van der Waals surface area (Å²) < 4.78 is 0. The van der Waals surface area contributed by atoms with Gasteiger partial charge in [-0.05, 0) is 7.05 Å². The van der Waals surface area contributed by atoms with Gasteiger partial charge in [0.05, 0.1) is 0 Å². The topological polar surface area (TPSA) is 35.6 Å². The van der Waals surface area contributed by atoms with E-state index in [-0.39, 0.29) is 6.03 Å². The molecule has 0 atom stereocenters. The molecule has 1 rings (SSSR count). The molecule has 0 aliphatic carbocycles. The molecule has 0 aromatic carbocycles. The van der Waals surface area contributed by atoms with E-state index in [1.807, 2.05) is 32.6 Å². The summed E-state index contributed by atoms with van der Waals surface area (Å²) in [6, 6.07) is 0.0399. The third-order valence-corrected chi connectivity index (χ3v) is 2.00. The minimum Gasteiger partial charge on any atom is -0.341 e. The maximum atomic E-state index is 11.1. The van der Waals surface area contributed by atoms with Crippen molar-refractivity contribution < 1.29 is 4.79 Å². The number of piperazine rings is 1. The van der Waals surface area contributed by atoms with Crippen LogP contribution in [0.4, 0.5) is 4.79 Å². The Bertz CT molecular complexity index is 143. The molecule has 4 nitrogen and oxygen atoms in total. The molecule has 1 saturated heterocycles. The van der Waals surface area contributed by atoms with Gasteiger partial charge in [-0.3, -0.25) is 0 Å². The van der Waals surface area contributed by atoms with Gasteiger partial charge in [-0.2, -0.15) is 0 Å². The highest BCUT2D eigenvalue weighted by Gasteiger charge is 2.16. The summed E-state index contributed by atoms with van der Waals surface area (Å²) in [5.41, 5.74) is 0. The van der Waals surface area contributed by atoms with E-state index in [0.29, 0.717) is 0 Å². The van der Waals surface area contributed by atoms with Crippen molar-refractivity contribution in [3.63, 3.8) is 0 Å². The molecule has 0 aromatic rings. The zero-order valence-electron chi connectivity index (χ0n) is 11.1. The molecule has 4 heteroatoms. The van der Waals surface area contributed by atoms with Gasteiger partial charge < -0.3 is 15.1 Å². The second-order valence-corrected chi connectivity index (χ2v) is 2.85. The number of nitrogens with one attached hydrogen (secondary N) is 1. The lowest BCUT2D eigenvalue weighted by Gasteiger charge is -2.31. The lowest BCUT2D eigenvalue weighted by atomic mass is 10.3. The number of rotatable bonds is 0. The van der Waals surface area contributed by atoms with E-state index in [4.69, 9.17) is 0 Å². The Morgan fingerprint density at radius 3 is 1.73 bits per heavy atom. The van der Waals surface area contributed by atoms with Gasteiger partial charge in [0.15, 0.2) is 0 Å². The van der Waals surface area contributed by atoms with Crippen molar-refractivity contribution in [3.05, 3.63) is 0 Å². The third-order valence-electron chi connectivity index (χ3n) is 2.00. The van der Waals surface area contributed by atoms with Crippen molar-refractivity contribution in [1.29, 1.82) is 0 Å². The molecule has 2 amide bonds. The molecule has 0 unspecified atom stereocenters. The van der Waals surface area contributed by atoms with Crippen LogP contribution in [0.5, 0.6) is 0 Å². The average molecular weight is 217 g/mol. The SMILES string of the molecule is CC.CC.CNC(=O)N1CCN(C)CC1. The van der Waals surface area contributed by atoms with Crippen LogP contribution in [0.1, 0.15) is 27.7 Å². The van der Waals surface area contributed by atoms with Crippen LogP contribution in [-0.2, 0) is 0 Å². The Morgan fingerprint density at radius 1 is 1.00 bits per heavy atom. The first-order valence-electron chi connectivity index (χ1n) is 5.89. The van der Waals surface area contributed by atoms with Crippen LogP contribution in [0.3, 0.4) is 0 Å². The Labute approximate surface area is 94.6 Å². The van der Waals surface area contributed by atoms with Crippen LogP contribution < -0.4 is 5.32 Å². The van der Waals surface area contributed by atoms with Gasteiger partial charge in [0, 0.05) is 33.2 Å². The number of hydrogen-bond acceptors (Lipinski definition) is 2. The predicted molar refractivity (Wildman–Crippen MR) is 66.2 cm³/mol. The highest BCUT2D eigenvalue weighted by molar-refractivity contribution is 5.73. The van der Waals surface area contributed by atoms with Gasteiger partial charge in [-0.1, -0.05) is 27.7 Å². The first-order chi connectivity index (χ1) is 7.24. The smallest absolute Gasteiger partial charge is 0.317 e. The molecule has 1 fully saturated rings. The summed E-state index contributed by atoms with van der Waals surface area (Å²) in [5.74, 6) is 0. The van der Waals surface area contributed by atoms with Crippen LogP contribution in [0, 0.1) is 0 Å². The fourth-order valence-corrected chi connectivity index (χ4v) is 1.17. The number of carbonyl (C=O) groups is 1. The molecule has 1 heterocycles. The van der Waals surface area contributed by atoms with Crippen molar-refractivity contribution in [3.8, 4) is 0 Å². The highest BCUT2D eigenvalue weighted by atomic mass is 16.2. The second-order valence-electron chi connectivity index (χ2n) is 2.85. The summed E-state index contributed by atoms with van der Waals surface area (Å²) in [4.78, 5) is 15.1. The molecule has 0 saturated carbocycles. The van der Waals surface area contributed by atoms with E-state index in [2.05, 4.69) is 17.3 Å². The number of likely N-dealkylation sites (N-methyl/N-ethyl adjacent to an activating group) is 1. The third kappa shape index (κ3) is 7.19. The molecular formula is C11H27N3O. The summed E-state index contributed by atoms with van der Waals surface area (Å²) in [6.45, 7) is 11.6. The maximum Gasteiger partial charge on any atom is 0.317 e. The van der Waals surface area contributed by atoms with Crippen molar-refractivity contribution in [2.24, 2.45) is 0 Å². The predicted octanol–water partition coefficient (Wildman–Crippen LogP) is 1.63. The van der Waals surface area contributed by atoms with Gasteiger partial charge in [-0.25, -0.2) is 4.79 Å². The largest absolute Gasteiger partial charge is 0.341 e.